The summed E-state index contributed by atoms with van der Waals surface area (Å²) in [6.45, 7) is 1.37. The second-order valence-corrected chi connectivity index (χ2v) is 8.60. The average Bonchev–Trinajstić information content (AvgIpc) is 3.42. The second-order valence-electron chi connectivity index (χ2n) is 7.66. The van der Waals surface area contributed by atoms with Crippen molar-refractivity contribution in [3.8, 4) is 5.88 Å². The third-order valence-electron chi connectivity index (χ3n) is 5.64. The number of thiophene rings is 1. The fourth-order valence-corrected chi connectivity index (χ4v) is 5.17. The van der Waals surface area contributed by atoms with E-state index in [4.69, 9.17) is 4.74 Å². The summed E-state index contributed by atoms with van der Waals surface area (Å²) in [7, 11) is 3.85. The molecule has 144 valence electrons. The monoisotopic (exact) mass is 386 g/mol. The molecule has 0 bridgehead atoms. The van der Waals surface area contributed by atoms with Crippen LogP contribution in [-0.2, 0) is 10.2 Å². The molecule has 1 saturated heterocycles. The molecule has 6 nitrogen and oxygen atoms in total. The topological polar surface area (TPSA) is 58.6 Å². The summed E-state index contributed by atoms with van der Waals surface area (Å²) in [6.07, 6.45) is 8.34. The van der Waals surface area contributed by atoms with E-state index in [2.05, 4.69) is 27.5 Å². The molecule has 0 radical (unpaired) electrons. The van der Waals surface area contributed by atoms with Crippen LogP contribution < -0.4 is 9.64 Å². The molecule has 1 saturated carbocycles. The van der Waals surface area contributed by atoms with Crippen LogP contribution in [-0.4, -0.2) is 54.1 Å². The molecular weight excluding hydrogens is 360 g/mol. The van der Waals surface area contributed by atoms with Gasteiger partial charge in [0.1, 0.15) is 6.10 Å². The first-order chi connectivity index (χ1) is 13.1. The van der Waals surface area contributed by atoms with E-state index in [1.807, 2.05) is 23.9 Å². The van der Waals surface area contributed by atoms with Crippen molar-refractivity contribution in [2.45, 2.75) is 43.6 Å². The average molecular weight is 387 g/mol. The van der Waals surface area contributed by atoms with Crippen molar-refractivity contribution >= 4 is 23.1 Å². The Balaban J connectivity index is 1.45. The first-order valence-electron chi connectivity index (χ1n) is 9.58. The third-order valence-corrected chi connectivity index (χ3v) is 6.71. The molecular formula is C20H26N4O2S. The van der Waals surface area contributed by atoms with Crippen molar-refractivity contribution < 1.29 is 9.53 Å². The van der Waals surface area contributed by atoms with E-state index in [-0.39, 0.29) is 17.4 Å². The maximum absolute atomic E-state index is 13.5. The molecule has 0 aromatic carbocycles. The van der Waals surface area contributed by atoms with Gasteiger partial charge in [0.25, 0.3) is 0 Å². The Morgan fingerprint density at radius 2 is 2.15 bits per heavy atom. The number of hydrogen-bond acceptors (Lipinski definition) is 6. The van der Waals surface area contributed by atoms with Gasteiger partial charge in [0, 0.05) is 31.9 Å². The van der Waals surface area contributed by atoms with E-state index in [1.54, 1.807) is 23.7 Å². The highest BCUT2D eigenvalue weighted by molar-refractivity contribution is 7.10. The summed E-state index contributed by atoms with van der Waals surface area (Å²) < 4.78 is 6.04. The lowest BCUT2D eigenvalue weighted by Crippen LogP contribution is -2.44. The number of anilines is 1. The minimum absolute atomic E-state index is 0.0255. The number of carbonyl (C=O) groups is 1. The number of rotatable bonds is 5. The van der Waals surface area contributed by atoms with Crippen LogP contribution in [0.5, 0.6) is 5.88 Å². The fourth-order valence-electron chi connectivity index (χ4n) is 4.19. The Bertz CT molecular complexity index is 787. The van der Waals surface area contributed by atoms with Crippen molar-refractivity contribution in [3.05, 3.63) is 34.8 Å². The third kappa shape index (κ3) is 3.52. The summed E-state index contributed by atoms with van der Waals surface area (Å²) in [5, 5.41) is 2.08. The van der Waals surface area contributed by atoms with Crippen molar-refractivity contribution in [1.82, 2.24) is 14.9 Å². The molecule has 1 atom stereocenters. The van der Waals surface area contributed by atoms with Gasteiger partial charge in [0.2, 0.25) is 11.8 Å². The summed E-state index contributed by atoms with van der Waals surface area (Å²) in [6, 6.07) is 4.18. The molecule has 2 aromatic rings. The second kappa shape index (κ2) is 7.46. The number of amides is 1. The van der Waals surface area contributed by atoms with Gasteiger partial charge in [-0.05, 0) is 24.3 Å². The van der Waals surface area contributed by atoms with Crippen LogP contribution in [0.15, 0.2) is 29.9 Å². The molecule has 3 heterocycles. The maximum atomic E-state index is 13.5. The van der Waals surface area contributed by atoms with Gasteiger partial charge in [0.05, 0.1) is 24.4 Å². The fraction of sp³-hybridized carbons (Fsp3) is 0.550. The van der Waals surface area contributed by atoms with Crippen LogP contribution >= 0.6 is 11.3 Å². The van der Waals surface area contributed by atoms with Gasteiger partial charge in [-0.1, -0.05) is 18.9 Å². The van der Waals surface area contributed by atoms with Gasteiger partial charge in [0.15, 0.2) is 5.82 Å². The molecule has 1 amide bonds. The number of nitrogens with zero attached hydrogens (tertiary/aromatic N) is 4. The number of aromatic nitrogens is 2. The van der Waals surface area contributed by atoms with Crippen molar-refractivity contribution in [2.24, 2.45) is 0 Å². The van der Waals surface area contributed by atoms with Crippen LogP contribution in [0.2, 0.25) is 0 Å². The van der Waals surface area contributed by atoms with E-state index in [1.165, 1.54) is 4.88 Å². The van der Waals surface area contributed by atoms with E-state index in [0.29, 0.717) is 12.4 Å². The standard InChI is InChI=1S/C20H26N4O2S/c1-23(2)17-12-21-13-18(22-17)26-15-7-10-24(14-15)19(25)20(8-3-4-9-20)16-6-5-11-27-16/h5-6,11-13,15H,3-4,7-10,14H2,1-2H3. The molecule has 4 rings (SSSR count). The highest BCUT2D eigenvalue weighted by Crippen LogP contribution is 2.45. The summed E-state index contributed by atoms with van der Waals surface area (Å²) in [4.78, 5) is 27.2. The quantitative estimate of drug-likeness (QED) is 0.790. The minimum atomic E-state index is -0.312. The van der Waals surface area contributed by atoms with Crippen LogP contribution in [0, 0.1) is 0 Å². The smallest absolute Gasteiger partial charge is 0.234 e. The van der Waals surface area contributed by atoms with Gasteiger partial charge in [-0.3, -0.25) is 9.78 Å². The summed E-state index contributed by atoms with van der Waals surface area (Å²) in [5.41, 5.74) is -0.312. The first kappa shape index (κ1) is 18.2. The van der Waals surface area contributed by atoms with Gasteiger partial charge in [-0.2, -0.15) is 4.98 Å². The molecule has 0 spiro atoms. The van der Waals surface area contributed by atoms with Crippen LogP contribution in [0.1, 0.15) is 37.0 Å². The lowest BCUT2D eigenvalue weighted by molar-refractivity contribution is -0.136. The molecule has 2 fully saturated rings. The maximum Gasteiger partial charge on any atom is 0.234 e. The van der Waals surface area contributed by atoms with Crippen LogP contribution in [0.3, 0.4) is 0 Å². The predicted octanol–water partition coefficient (Wildman–Crippen LogP) is 3.10. The lowest BCUT2D eigenvalue weighted by atomic mass is 9.83. The number of likely N-dealkylation sites (tertiary alicyclic amines) is 1. The first-order valence-corrected chi connectivity index (χ1v) is 10.5. The molecule has 7 heteroatoms. The molecule has 1 unspecified atom stereocenters. The SMILES string of the molecule is CN(C)c1cncc(OC2CCN(C(=O)C3(c4cccs4)CCCC3)C2)n1. The molecule has 1 aliphatic heterocycles. The van der Waals surface area contributed by atoms with E-state index in [9.17, 15) is 4.79 Å². The van der Waals surface area contributed by atoms with Gasteiger partial charge >= 0.3 is 0 Å². The zero-order valence-corrected chi connectivity index (χ0v) is 16.7. The van der Waals surface area contributed by atoms with Gasteiger partial charge < -0.3 is 14.5 Å². The number of carbonyl (C=O) groups excluding carboxylic acids is 1. The summed E-state index contributed by atoms with van der Waals surface area (Å²) in [5.74, 6) is 1.57. The Morgan fingerprint density at radius 1 is 1.33 bits per heavy atom. The molecule has 0 N–H and O–H groups in total. The Labute approximate surface area is 164 Å². The lowest BCUT2D eigenvalue weighted by Gasteiger charge is -2.31. The zero-order valence-electron chi connectivity index (χ0n) is 15.9. The van der Waals surface area contributed by atoms with Crippen molar-refractivity contribution in [1.29, 1.82) is 0 Å². The molecule has 1 aliphatic carbocycles. The largest absolute Gasteiger partial charge is 0.471 e. The molecule has 2 aromatic heterocycles. The normalized spacial score (nSPS) is 21.4. The van der Waals surface area contributed by atoms with E-state index >= 15 is 0 Å². The highest BCUT2D eigenvalue weighted by atomic mass is 32.1. The van der Waals surface area contributed by atoms with Crippen molar-refractivity contribution in [2.75, 3.05) is 32.1 Å². The predicted molar refractivity (Wildman–Crippen MR) is 106 cm³/mol. The van der Waals surface area contributed by atoms with Gasteiger partial charge in [-0.25, -0.2) is 0 Å². The Morgan fingerprint density at radius 3 is 2.85 bits per heavy atom. The Kier molecular flexibility index (Phi) is 5.04. The molecule has 2 aliphatic rings. The highest BCUT2D eigenvalue weighted by Gasteiger charge is 2.47. The summed E-state index contributed by atoms with van der Waals surface area (Å²) >= 11 is 1.71. The zero-order chi connectivity index (χ0) is 18.9. The van der Waals surface area contributed by atoms with E-state index in [0.717, 1.165) is 44.5 Å². The van der Waals surface area contributed by atoms with Gasteiger partial charge in [-0.15, -0.1) is 11.3 Å². The van der Waals surface area contributed by atoms with Crippen molar-refractivity contribution in [3.63, 3.8) is 0 Å². The number of hydrogen-bond donors (Lipinski definition) is 0. The number of ether oxygens (including phenoxy) is 1. The van der Waals surface area contributed by atoms with Crippen LogP contribution in [0.25, 0.3) is 0 Å². The minimum Gasteiger partial charge on any atom is -0.471 e. The molecule has 27 heavy (non-hydrogen) atoms. The van der Waals surface area contributed by atoms with Crippen LogP contribution in [0.4, 0.5) is 5.82 Å². The van der Waals surface area contributed by atoms with E-state index < -0.39 is 0 Å². The Hall–Kier alpha value is -2.15.